The molecule has 1 heterocycles. The predicted molar refractivity (Wildman–Crippen MR) is 70.3 cm³/mol. The van der Waals surface area contributed by atoms with Gasteiger partial charge in [0.15, 0.2) is 0 Å². The van der Waals surface area contributed by atoms with E-state index in [0.29, 0.717) is 15.9 Å². The summed E-state index contributed by atoms with van der Waals surface area (Å²) in [6, 6.07) is 4.73. The minimum Gasteiger partial charge on any atom is -0.370 e. The van der Waals surface area contributed by atoms with Gasteiger partial charge in [0.05, 0.1) is 10.5 Å². The van der Waals surface area contributed by atoms with Crippen LogP contribution in [0.5, 0.6) is 0 Å². The Morgan fingerprint density at radius 1 is 1.35 bits per heavy atom. The lowest BCUT2D eigenvalue weighted by Crippen LogP contribution is -2.04. The number of nitrogens with one attached hydrogen (secondary N) is 1. The van der Waals surface area contributed by atoms with E-state index in [9.17, 15) is 4.39 Å². The second kappa shape index (κ2) is 4.88. The molecule has 0 unspecified atom stereocenters. The SMILES string of the molecule is CCNc1nc2c(Cl)ccc(F)c2cc1CC. The van der Waals surface area contributed by atoms with Gasteiger partial charge in [0.2, 0.25) is 0 Å². The Morgan fingerprint density at radius 2 is 2.12 bits per heavy atom. The van der Waals surface area contributed by atoms with Crippen LogP contribution in [0.15, 0.2) is 18.2 Å². The molecular formula is C13H14ClFN2. The molecule has 0 radical (unpaired) electrons. The van der Waals surface area contributed by atoms with Gasteiger partial charge in [-0.15, -0.1) is 0 Å². The summed E-state index contributed by atoms with van der Waals surface area (Å²) in [6.45, 7) is 4.79. The summed E-state index contributed by atoms with van der Waals surface area (Å²) in [7, 11) is 0. The van der Waals surface area contributed by atoms with Gasteiger partial charge in [-0.25, -0.2) is 9.37 Å². The second-order valence-electron chi connectivity index (χ2n) is 3.81. The van der Waals surface area contributed by atoms with E-state index in [1.807, 2.05) is 19.9 Å². The van der Waals surface area contributed by atoms with Crippen molar-refractivity contribution in [3.8, 4) is 0 Å². The Balaban J connectivity index is 2.73. The zero-order valence-corrected chi connectivity index (χ0v) is 10.6. The topological polar surface area (TPSA) is 24.9 Å². The summed E-state index contributed by atoms with van der Waals surface area (Å²) >= 11 is 6.04. The van der Waals surface area contributed by atoms with Crippen molar-refractivity contribution in [3.05, 3.63) is 34.6 Å². The van der Waals surface area contributed by atoms with Gasteiger partial charge in [-0.3, -0.25) is 0 Å². The van der Waals surface area contributed by atoms with Crippen LogP contribution >= 0.6 is 11.6 Å². The highest BCUT2D eigenvalue weighted by Crippen LogP contribution is 2.28. The van der Waals surface area contributed by atoms with Crippen molar-refractivity contribution in [2.75, 3.05) is 11.9 Å². The van der Waals surface area contributed by atoms with Crippen LogP contribution in [0.3, 0.4) is 0 Å². The average Bonchev–Trinajstić information content (AvgIpc) is 2.34. The lowest BCUT2D eigenvalue weighted by Gasteiger charge is -2.11. The van der Waals surface area contributed by atoms with Crippen molar-refractivity contribution in [2.24, 2.45) is 0 Å². The summed E-state index contributed by atoms with van der Waals surface area (Å²) in [4.78, 5) is 4.41. The molecule has 1 aromatic carbocycles. The summed E-state index contributed by atoms with van der Waals surface area (Å²) in [6.07, 6.45) is 0.803. The Hall–Kier alpha value is -1.35. The zero-order chi connectivity index (χ0) is 12.4. The number of hydrogen-bond donors (Lipinski definition) is 1. The fraction of sp³-hybridized carbons (Fsp3) is 0.308. The minimum atomic E-state index is -0.283. The number of pyridine rings is 1. The third-order valence-electron chi connectivity index (χ3n) is 2.69. The fourth-order valence-electron chi connectivity index (χ4n) is 1.82. The van der Waals surface area contributed by atoms with Crippen LogP contribution in [0.1, 0.15) is 19.4 Å². The van der Waals surface area contributed by atoms with E-state index in [0.717, 1.165) is 24.3 Å². The number of anilines is 1. The summed E-state index contributed by atoms with van der Waals surface area (Å²) < 4.78 is 13.7. The van der Waals surface area contributed by atoms with Crippen molar-refractivity contribution in [1.29, 1.82) is 0 Å². The molecule has 0 atom stereocenters. The van der Waals surface area contributed by atoms with Crippen LogP contribution in [0.2, 0.25) is 5.02 Å². The standard InChI is InChI=1S/C13H14ClFN2/c1-3-8-7-9-11(15)6-5-10(14)12(9)17-13(8)16-4-2/h5-7H,3-4H2,1-2H3,(H,16,17). The average molecular weight is 253 g/mol. The molecule has 4 heteroatoms. The molecule has 1 aromatic heterocycles. The Morgan fingerprint density at radius 3 is 2.76 bits per heavy atom. The molecule has 0 saturated carbocycles. The molecule has 0 aliphatic heterocycles. The van der Waals surface area contributed by atoms with Gasteiger partial charge < -0.3 is 5.32 Å². The highest BCUT2D eigenvalue weighted by atomic mass is 35.5. The maximum atomic E-state index is 13.7. The Bertz CT molecular complexity index is 555. The lowest BCUT2D eigenvalue weighted by atomic mass is 10.1. The van der Waals surface area contributed by atoms with Crippen LogP contribution in [0, 0.1) is 5.82 Å². The third-order valence-corrected chi connectivity index (χ3v) is 2.99. The van der Waals surface area contributed by atoms with Crippen LogP contribution in [-0.4, -0.2) is 11.5 Å². The second-order valence-corrected chi connectivity index (χ2v) is 4.21. The molecule has 2 rings (SSSR count). The zero-order valence-electron chi connectivity index (χ0n) is 9.85. The minimum absolute atomic E-state index is 0.283. The van der Waals surface area contributed by atoms with Crippen molar-refractivity contribution in [2.45, 2.75) is 20.3 Å². The van der Waals surface area contributed by atoms with Crippen molar-refractivity contribution in [1.82, 2.24) is 4.98 Å². The van der Waals surface area contributed by atoms with Crippen molar-refractivity contribution >= 4 is 28.3 Å². The molecule has 17 heavy (non-hydrogen) atoms. The Labute approximate surface area is 105 Å². The van der Waals surface area contributed by atoms with Gasteiger partial charge >= 0.3 is 0 Å². The molecule has 0 spiro atoms. The van der Waals surface area contributed by atoms with Crippen molar-refractivity contribution < 1.29 is 4.39 Å². The number of fused-ring (bicyclic) bond motifs is 1. The number of aromatic nitrogens is 1. The van der Waals surface area contributed by atoms with Gasteiger partial charge in [0.25, 0.3) is 0 Å². The highest BCUT2D eigenvalue weighted by molar-refractivity contribution is 6.35. The Kier molecular flexibility index (Phi) is 3.48. The maximum Gasteiger partial charge on any atom is 0.132 e. The first-order chi connectivity index (χ1) is 8.17. The molecule has 0 saturated heterocycles. The van der Waals surface area contributed by atoms with Gasteiger partial charge in [-0.2, -0.15) is 0 Å². The van der Waals surface area contributed by atoms with E-state index in [4.69, 9.17) is 11.6 Å². The fourth-order valence-corrected chi connectivity index (χ4v) is 2.03. The molecule has 0 bridgehead atoms. The van der Waals surface area contributed by atoms with Crippen LogP contribution in [0.25, 0.3) is 10.9 Å². The monoisotopic (exact) mass is 252 g/mol. The molecule has 1 N–H and O–H groups in total. The number of hydrogen-bond acceptors (Lipinski definition) is 2. The molecular weight excluding hydrogens is 239 g/mol. The third kappa shape index (κ3) is 2.20. The summed E-state index contributed by atoms with van der Waals surface area (Å²) in [5, 5.41) is 4.13. The van der Waals surface area contributed by atoms with Crippen molar-refractivity contribution in [3.63, 3.8) is 0 Å². The summed E-state index contributed by atoms with van der Waals surface area (Å²) in [5.41, 5.74) is 1.51. The molecule has 90 valence electrons. The first kappa shape index (κ1) is 12.1. The van der Waals surface area contributed by atoms with E-state index in [1.165, 1.54) is 12.1 Å². The number of halogens is 2. The highest BCUT2D eigenvalue weighted by Gasteiger charge is 2.10. The quantitative estimate of drug-likeness (QED) is 0.892. The maximum absolute atomic E-state index is 13.7. The number of nitrogens with zero attached hydrogens (tertiary/aromatic N) is 1. The van der Waals surface area contributed by atoms with Gasteiger partial charge in [-0.1, -0.05) is 18.5 Å². The molecule has 0 fully saturated rings. The van der Waals surface area contributed by atoms with Crippen LogP contribution in [-0.2, 0) is 6.42 Å². The molecule has 0 aliphatic carbocycles. The molecule has 2 aromatic rings. The van der Waals surface area contributed by atoms with E-state index < -0.39 is 0 Å². The first-order valence-corrected chi connectivity index (χ1v) is 6.06. The largest absolute Gasteiger partial charge is 0.370 e. The van der Waals surface area contributed by atoms with E-state index in [2.05, 4.69) is 10.3 Å². The first-order valence-electron chi connectivity index (χ1n) is 5.68. The predicted octanol–water partition coefficient (Wildman–Crippen LogP) is 4.02. The molecule has 2 nitrogen and oxygen atoms in total. The van der Waals surface area contributed by atoms with Crippen LogP contribution in [0.4, 0.5) is 10.2 Å². The normalized spacial score (nSPS) is 10.8. The van der Waals surface area contributed by atoms with Gasteiger partial charge in [0.1, 0.15) is 11.6 Å². The molecule has 0 aliphatic rings. The smallest absolute Gasteiger partial charge is 0.132 e. The van der Waals surface area contributed by atoms with Crippen LogP contribution < -0.4 is 5.32 Å². The van der Waals surface area contributed by atoms with E-state index in [1.54, 1.807) is 0 Å². The number of rotatable bonds is 3. The number of aryl methyl sites for hydroxylation is 1. The van der Waals surface area contributed by atoms with Gasteiger partial charge in [0, 0.05) is 11.9 Å². The molecule has 0 amide bonds. The number of benzene rings is 1. The lowest BCUT2D eigenvalue weighted by molar-refractivity contribution is 0.639. The van der Waals surface area contributed by atoms with E-state index in [-0.39, 0.29) is 5.82 Å². The summed E-state index contributed by atoms with van der Waals surface area (Å²) in [5.74, 6) is 0.504. The van der Waals surface area contributed by atoms with Gasteiger partial charge in [-0.05, 0) is 37.1 Å². The van der Waals surface area contributed by atoms with E-state index >= 15 is 0 Å².